The number of oxazole rings is 1. The van der Waals surface area contributed by atoms with Crippen molar-refractivity contribution in [2.45, 2.75) is 19.9 Å². The predicted octanol–water partition coefficient (Wildman–Crippen LogP) is 0.318. The number of rotatable bonds is 6. The zero-order valence-corrected chi connectivity index (χ0v) is 11.5. The molecule has 1 aliphatic heterocycles. The third-order valence-corrected chi connectivity index (χ3v) is 3.27. The van der Waals surface area contributed by atoms with E-state index in [4.69, 9.17) is 4.42 Å². The Balaban J connectivity index is 1.66. The summed E-state index contributed by atoms with van der Waals surface area (Å²) in [5.74, 6) is 0.131. The van der Waals surface area contributed by atoms with Crippen molar-refractivity contribution in [3.05, 3.63) is 18.4 Å². The molecule has 0 aromatic carbocycles. The molecule has 1 amide bonds. The third kappa shape index (κ3) is 4.65. The number of hydrogen-bond donors (Lipinski definition) is 1. The lowest BCUT2D eigenvalue weighted by Crippen LogP contribution is -2.49. The fourth-order valence-corrected chi connectivity index (χ4v) is 2.17. The Morgan fingerprint density at radius 3 is 2.74 bits per heavy atom. The summed E-state index contributed by atoms with van der Waals surface area (Å²) < 4.78 is 4.97. The summed E-state index contributed by atoms with van der Waals surface area (Å²) in [6, 6.07) is 0. The van der Waals surface area contributed by atoms with E-state index in [1.807, 2.05) is 0 Å². The van der Waals surface area contributed by atoms with Crippen LogP contribution >= 0.6 is 0 Å². The minimum Gasteiger partial charge on any atom is -0.451 e. The van der Waals surface area contributed by atoms with Gasteiger partial charge < -0.3 is 9.73 Å². The maximum absolute atomic E-state index is 11.6. The van der Waals surface area contributed by atoms with Crippen LogP contribution in [0.15, 0.2) is 17.1 Å². The number of hydrogen-bond acceptors (Lipinski definition) is 5. The SMILES string of the molecule is CCCNC(=O)CN1CCN(Cc2cocn2)CC1. The highest BCUT2D eigenvalue weighted by atomic mass is 16.3. The highest BCUT2D eigenvalue weighted by Gasteiger charge is 2.19. The standard InChI is InChI=1S/C13H22N4O2/c1-2-3-14-13(18)9-17-6-4-16(5-7-17)8-12-10-19-11-15-12/h10-11H,2-9H2,1H3,(H,14,18). The van der Waals surface area contributed by atoms with Crippen LogP contribution < -0.4 is 5.32 Å². The van der Waals surface area contributed by atoms with Gasteiger partial charge in [0.05, 0.1) is 12.2 Å². The molecule has 1 aliphatic rings. The first kappa shape index (κ1) is 14.0. The Morgan fingerprint density at radius 1 is 1.37 bits per heavy atom. The monoisotopic (exact) mass is 266 g/mol. The van der Waals surface area contributed by atoms with Crippen molar-refractivity contribution < 1.29 is 9.21 Å². The average molecular weight is 266 g/mol. The van der Waals surface area contributed by atoms with Crippen LogP contribution in [0, 0.1) is 0 Å². The second-order valence-electron chi connectivity index (χ2n) is 4.88. The average Bonchev–Trinajstić information content (AvgIpc) is 2.91. The molecule has 0 unspecified atom stereocenters. The lowest BCUT2D eigenvalue weighted by atomic mass is 10.3. The number of carbonyl (C=O) groups is 1. The molecule has 2 heterocycles. The highest BCUT2D eigenvalue weighted by molar-refractivity contribution is 5.77. The molecule has 106 valence electrons. The first-order chi connectivity index (χ1) is 9.28. The quantitative estimate of drug-likeness (QED) is 0.803. The molecular formula is C13H22N4O2. The van der Waals surface area contributed by atoms with Gasteiger partial charge in [0.15, 0.2) is 6.39 Å². The summed E-state index contributed by atoms with van der Waals surface area (Å²) in [7, 11) is 0. The minimum atomic E-state index is 0.131. The molecule has 0 bridgehead atoms. The van der Waals surface area contributed by atoms with E-state index in [9.17, 15) is 4.79 Å². The van der Waals surface area contributed by atoms with Crippen LogP contribution in [0.4, 0.5) is 0 Å². The topological polar surface area (TPSA) is 61.6 Å². The molecule has 0 atom stereocenters. The molecule has 0 saturated carbocycles. The van der Waals surface area contributed by atoms with Gasteiger partial charge >= 0.3 is 0 Å². The molecule has 1 saturated heterocycles. The predicted molar refractivity (Wildman–Crippen MR) is 71.5 cm³/mol. The fourth-order valence-electron chi connectivity index (χ4n) is 2.17. The van der Waals surface area contributed by atoms with Gasteiger partial charge in [-0.2, -0.15) is 0 Å². The van der Waals surface area contributed by atoms with Gasteiger partial charge in [-0.15, -0.1) is 0 Å². The summed E-state index contributed by atoms with van der Waals surface area (Å²) in [5, 5.41) is 2.91. The van der Waals surface area contributed by atoms with E-state index in [0.29, 0.717) is 6.54 Å². The van der Waals surface area contributed by atoms with Crippen molar-refractivity contribution >= 4 is 5.91 Å². The van der Waals surface area contributed by atoms with Gasteiger partial charge in [0.1, 0.15) is 6.26 Å². The van der Waals surface area contributed by atoms with E-state index < -0.39 is 0 Å². The Hall–Kier alpha value is -1.40. The van der Waals surface area contributed by atoms with Crippen LogP contribution in [0.3, 0.4) is 0 Å². The van der Waals surface area contributed by atoms with Crippen molar-refractivity contribution in [1.29, 1.82) is 0 Å². The van der Waals surface area contributed by atoms with Gasteiger partial charge in [0.2, 0.25) is 5.91 Å². The van der Waals surface area contributed by atoms with Gasteiger partial charge in [-0.05, 0) is 6.42 Å². The Bertz CT molecular complexity index is 372. The van der Waals surface area contributed by atoms with Gasteiger partial charge in [-0.25, -0.2) is 4.98 Å². The summed E-state index contributed by atoms with van der Waals surface area (Å²) in [4.78, 5) is 20.3. The molecule has 1 aromatic rings. The normalized spacial score (nSPS) is 17.5. The second kappa shape index (κ2) is 7.25. The van der Waals surface area contributed by atoms with Crippen LogP contribution in [-0.4, -0.2) is 60.0 Å². The summed E-state index contributed by atoms with van der Waals surface area (Å²) in [6.07, 6.45) is 4.13. The van der Waals surface area contributed by atoms with Crippen LogP contribution in [0.1, 0.15) is 19.0 Å². The Labute approximate surface area is 113 Å². The number of nitrogens with zero attached hydrogens (tertiary/aromatic N) is 3. The van der Waals surface area contributed by atoms with E-state index in [-0.39, 0.29) is 5.91 Å². The van der Waals surface area contributed by atoms with Crippen molar-refractivity contribution in [3.63, 3.8) is 0 Å². The largest absolute Gasteiger partial charge is 0.451 e. The first-order valence-electron chi connectivity index (χ1n) is 6.86. The Morgan fingerprint density at radius 2 is 2.11 bits per heavy atom. The minimum absolute atomic E-state index is 0.131. The van der Waals surface area contributed by atoms with Gasteiger partial charge in [0.25, 0.3) is 0 Å². The first-order valence-corrected chi connectivity index (χ1v) is 6.86. The highest BCUT2D eigenvalue weighted by Crippen LogP contribution is 2.06. The fraction of sp³-hybridized carbons (Fsp3) is 0.692. The summed E-state index contributed by atoms with van der Waals surface area (Å²) in [6.45, 7) is 7.95. The van der Waals surface area contributed by atoms with Crippen LogP contribution in [0.25, 0.3) is 0 Å². The van der Waals surface area contributed by atoms with E-state index in [1.54, 1.807) is 6.26 Å². The zero-order chi connectivity index (χ0) is 13.5. The molecular weight excluding hydrogens is 244 g/mol. The maximum atomic E-state index is 11.6. The number of amides is 1. The van der Waals surface area contributed by atoms with Gasteiger partial charge in [0, 0.05) is 39.3 Å². The lowest BCUT2D eigenvalue weighted by molar-refractivity contribution is -0.122. The van der Waals surface area contributed by atoms with E-state index in [1.165, 1.54) is 6.39 Å². The molecule has 19 heavy (non-hydrogen) atoms. The molecule has 0 spiro atoms. The van der Waals surface area contributed by atoms with Crippen molar-refractivity contribution in [2.24, 2.45) is 0 Å². The molecule has 0 radical (unpaired) electrons. The van der Waals surface area contributed by atoms with E-state index >= 15 is 0 Å². The molecule has 0 aliphatic carbocycles. The van der Waals surface area contributed by atoms with Crippen LogP contribution in [0.2, 0.25) is 0 Å². The number of piperazine rings is 1. The van der Waals surface area contributed by atoms with E-state index in [0.717, 1.165) is 51.4 Å². The molecule has 2 rings (SSSR count). The number of nitrogens with one attached hydrogen (secondary N) is 1. The van der Waals surface area contributed by atoms with Crippen molar-refractivity contribution in [1.82, 2.24) is 20.1 Å². The lowest BCUT2D eigenvalue weighted by Gasteiger charge is -2.33. The maximum Gasteiger partial charge on any atom is 0.234 e. The van der Waals surface area contributed by atoms with Crippen LogP contribution in [-0.2, 0) is 11.3 Å². The molecule has 1 fully saturated rings. The second-order valence-corrected chi connectivity index (χ2v) is 4.88. The smallest absolute Gasteiger partial charge is 0.234 e. The molecule has 6 nitrogen and oxygen atoms in total. The molecule has 1 aromatic heterocycles. The van der Waals surface area contributed by atoms with E-state index in [2.05, 4.69) is 27.0 Å². The van der Waals surface area contributed by atoms with Crippen molar-refractivity contribution in [3.8, 4) is 0 Å². The number of aromatic nitrogens is 1. The van der Waals surface area contributed by atoms with Gasteiger partial charge in [-0.1, -0.05) is 6.92 Å². The van der Waals surface area contributed by atoms with Crippen molar-refractivity contribution in [2.75, 3.05) is 39.3 Å². The summed E-state index contributed by atoms with van der Waals surface area (Å²) >= 11 is 0. The summed E-state index contributed by atoms with van der Waals surface area (Å²) in [5.41, 5.74) is 0.967. The van der Waals surface area contributed by atoms with Crippen LogP contribution in [0.5, 0.6) is 0 Å². The Kier molecular flexibility index (Phi) is 5.35. The zero-order valence-electron chi connectivity index (χ0n) is 11.5. The molecule has 1 N–H and O–H groups in total. The number of carbonyl (C=O) groups excluding carboxylic acids is 1. The van der Waals surface area contributed by atoms with Gasteiger partial charge in [-0.3, -0.25) is 14.6 Å². The third-order valence-electron chi connectivity index (χ3n) is 3.27. The molecule has 6 heteroatoms.